The highest BCUT2D eigenvalue weighted by molar-refractivity contribution is 9.11. The Balaban J connectivity index is 1.69. The summed E-state index contributed by atoms with van der Waals surface area (Å²) in [5.41, 5.74) is 6.52. The van der Waals surface area contributed by atoms with Crippen LogP contribution in [0.4, 0.5) is 0 Å². The molecule has 1 aromatic rings. The number of nitrogens with two attached hydrogens (primary N) is 1. The average Bonchev–Trinajstić information content (AvgIpc) is 2.74. The normalized spacial score (nSPS) is 18.1. The Morgan fingerprint density at radius 2 is 2.28 bits per heavy atom. The van der Waals surface area contributed by atoms with E-state index < -0.39 is 0 Å². The van der Waals surface area contributed by atoms with Gasteiger partial charge in [0.05, 0.1) is 10.3 Å². The topological polar surface area (TPSA) is 58.4 Å². The summed E-state index contributed by atoms with van der Waals surface area (Å²) in [6.45, 7) is 3.22. The summed E-state index contributed by atoms with van der Waals surface area (Å²) in [7, 11) is 0. The van der Waals surface area contributed by atoms with Crippen LogP contribution in [0.2, 0.25) is 0 Å². The van der Waals surface area contributed by atoms with Crippen LogP contribution in [-0.4, -0.2) is 36.5 Å². The number of piperidine rings is 1. The molecular formula is C12H18BrN3OS. The SMILES string of the molecule is NC(=O)CN1CCC(NCc2csc(Br)c2)CC1. The summed E-state index contributed by atoms with van der Waals surface area (Å²) >= 11 is 5.18. The number of thiophene rings is 1. The molecule has 0 saturated carbocycles. The molecular weight excluding hydrogens is 314 g/mol. The molecule has 1 aliphatic rings. The lowest BCUT2D eigenvalue weighted by molar-refractivity contribution is -0.119. The van der Waals surface area contributed by atoms with Crippen LogP contribution in [0.3, 0.4) is 0 Å². The molecule has 1 fully saturated rings. The summed E-state index contributed by atoms with van der Waals surface area (Å²) < 4.78 is 1.18. The Morgan fingerprint density at radius 1 is 1.56 bits per heavy atom. The molecule has 1 amide bonds. The number of nitrogens with one attached hydrogen (secondary N) is 1. The van der Waals surface area contributed by atoms with Crippen molar-refractivity contribution in [2.24, 2.45) is 5.73 Å². The van der Waals surface area contributed by atoms with Crippen molar-refractivity contribution in [1.29, 1.82) is 0 Å². The van der Waals surface area contributed by atoms with E-state index in [9.17, 15) is 4.79 Å². The van der Waals surface area contributed by atoms with Crippen LogP contribution in [0.15, 0.2) is 15.2 Å². The fourth-order valence-electron chi connectivity index (χ4n) is 2.22. The maximum Gasteiger partial charge on any atom is 0.231 e. The van der Waals surface area contributed by atoms with Gasteiger partial charge in [0, 0.05) is 25.7 Å². The third-order valence-corrected chi connectivity index (χ3v) is 4.74. The van der Waals surface area contributed by atoms with Crippen molar-refractivity contribution in [2.75, 3.05) is 19.6 Å². The summed E-state index contributed by atoms with van der Waals surface area (Å²) in [5, 5.41) is 5.73. The van der Waals surface area contributed by atoms with Gasteiger partial charge in [-0.05, 0) is 45.8 Å². The van der Waals surface area contributed by atoms with E-state index in [1.165, 1.54) is 9.35 Å². The molecule has 3 N–H and O–H groups in total. The van der Waals surface area contributed by atoms with E-state index in [0.717, 1.165) is 32.5 Å². The third-order valence-electron chi connectivity index (χ3n) is 3.18. The van der Waals surface area contributed by atoms with E-state index in [2.05, 4.69) is 37.6 Å². The van der Waals surface area contributed by atoms with Gasteiger partial charge in [-0.25, -0.2) is 0 Å². The van der Waals surface area contributed by atoms with E-state index in [1.807, 2.05) is 0 Å². The van der Waals surface area contributed by atoms with Crippen molar-refractivity contribution < 1.29 is 4.79 Å². The molecule has 2 heterocycles. The second-order valence-electron chi connectivity index (χ2n) is 4.66. The summed E-state index contributed by atoms with van der Waals surface area (Å²) in [4.78, 5) is 13.0. The monoisotopic (exact) mass is 331 g/mol. The fraction of sp³-hybridized carbons (Fsp3) is 0.583. The molecule has 2 rings (SSSR count). The fourth-order valence-corrected chi connectivity index (χ4v) is 3.43. The summed E-state index contributed by atoms with van der Waals surface area (Å²) in [6, 6.07) is 2.70. The van der Waals surface area contributed by atoms with Gasteiger partial charge in [0.25, 0.3) is 0 Å². The minimum atomic E-state index is -0.232. The highest BCUT2D eigenvalue weighted by Crippen LogP contribution is 2.21. The van der Waals surface area contributed by atoms with E-state index >= 15 is 0 Å². The Labute approximate surface area is 120 Å². The van der Waals surface area contributed by atoms with Gasteiger partial charge in [-0.3, -0.25) is 9.69 Å². The molecule has 0 atom stereocenters. The number of nitrogens with zero attached hydrogens (tertiary/aromatic N) is 1. The van der Waals surface area contributed by atoms with Gasteiger partial charge in [0.2, 0.25) is 5.91 Å². The zero-order chi connectivity index (χ0) is 13.0. The van der Waals surface area contributed by atoms with E-state index in [1.54, 1.807) is 11.3 Å². The maximum atomic E-state index is 10.8. The number of hydrogen-bond donors (Lipinski definition) is 2. The second kappa shape index (κ2) is 6.65. The number of primary amides is 1. The van der Waals surface area contributed by atoms with Crippen molar-refractivity contribution >= 4 is 33.2 Å². The predicted molar refractivity (Wildman–Crippen MR) is 77.5 cm³/mol. The van der Waals surface area contributed by atoms with Crippen LogP contribution in [0.25, 0.3) is 0 Å². The van der Waals surface area contributed by atoms with Crippen LogP contribution in [0.1, 0.15) is 18.4 Å². The van der Waals surface area contributed by atoms with E-state index in [-0.39, 0.29) is 5.91 Å². The lowest BCUT2D eigenvalue weighted by Gasteiger charge is -2.31. The van der Waals surface area contributed by atoms with E-state index in [4.69, 9.17) is 5.73 Å². The molecule has 0 unspecified atom stereocenters. The largest absolute Gasteiger partial charge is 0.369 e. The summed E-state index contributed by atoms with van der Waals surface area (Å²) in [6.07, 6.45) is 2.16. The van der Waals surface area contributed by atoms with Gasteiger partial charge in [-0.15, -0.1) is 11.3 Å². The first-order chi connectivity index (χ1) is 8.63. The Bertz CT molecular complexity index is 402. The molecule has 18 heavy (non-hydrogen) atoms. The molecule has 0 aromatic carbocycles. The van der Waals surface area contributed by atoms with Crippen molar-refractivity contribution in [3.8, 4) is 0 Å². The van der Waals surface area contributed by atoms with Gasteiger partial charge in [0.1, 0.15) is 0 Å². The minimum absolute atomic E-state index is 0.232. The maximum absolute atomic E-state index is 10.8. The highest BCUT2D eigenvalue weighted by Gasteiger charge is 2.19. The van der Waals surface area contributed by atoms with Gasteiger partial charge in [0.15, 0.2) is 0 Å². The van der Waals surface area contributed by atoms with Crippen LogP contribution in [0.5, 0.6) is 0 Å². The second-order valence-corrected chi connectivity index (χ2v) is 6.95. The molecule has 1 saturated heterocycles. The molecule has 1 aromatic heterocycles. The number of rotatable bonds is 5. The van der Waals surface area contributed by atoms with Crippen molar-refractivity contribution in [1.82, 2.24) is 10.2 Å². The number of amides is 1. The van der Waals surface area contributed by atoms with Crippen LogP contribution < -0.4 is 11.1 Å². The first-order valence-electron chi connectivity index (χ1n) is 6.10. The van der Waals surface area contributed by atoms with E-state index in [0.29, 0.717) is 12.6 Å². The molecule has 0 spiro atoms. The van der Waals surface area contributed by atoms with Gasteiger partial charge in [-0.1, -0.05) is 0 Å². The Hall–Kier alpha value is -0.430. The first-order valence-corrected chi connectivity index (χ1v) is 7.77. The van der Waals surface area contributed by atoms with Crippen LogP contribution in [-0.2, 0) is 11.3 Å². The quantitative estimate of drug-likeness (QED) is 0.860. The number of halogens is 1. The number of carbonyl (C=O) groups excluding carboxylic acids is 1. The molecule has 0 bridgehead atoms. The highest BCUT2D eigenvalue weighted by atomic mass is 79.9. The van der Waals surface area contributed by atoms with Crippen LogP contribution in [0, 0.1) is 0 Å². The van der Waals surface area contributed by atoms with Crippen molar-refractivity contribution in [2.45, 2.75) is 25.4 Å². The van der Waals surface area contributed by atoms with Gasteiger partial charge >= 0.3 is 0 Å². The van der Waals surface area contributed by atoms with Crippen molar-refractivity contribution in [3.63, 3.8) is 0 Å². The number of hydrogen-bond acceptors (Lipinski definition) is 4. The van der Waals surface area contributed by atoms with Gasteiger partial charge in [-0.2, -0.15) is 0 Å². The first kappa shape index (κ1) is 14.0. The molecule has 100 valence electrons. The van der Waals surface area contributed by atoms with Gasteiger partial charge < -0.3 is 11.1 Å². The number of likely N-dealkylation sites (tertiary alicyclic amines) is 1. The average molecular weight is 332 g/mol. The molecule has 1 aliphatic heterocycles. The molecule has 6 heteroatoms. The smallest absolute Gasteiger partial charge is 0.231 e. The zero-order valence-electron chi connectivity index (χ0n) is 10.2. The minimum Gasteiger partial charge on any atom is -0.369 e. The third kappa shape index (κ3) is 4.35. The number of carbonyl (C=O) groups is 1. The molecule has 4 nitrogen and oxygen atoms in total. The predicted octanol–water partition coefficient (Wildman–Crippen LogP) is 1.55. The van der Waals surface area contributed by atoms with Crippen molar-refractivity contribution in [3.05, 3.63) is 20.8 Å². The van der Waals surface area contributed by atoms with Crippen LogP contribution >= 0.6 is 27.3 Å². The Kier molecular flexibility index (Phi) is 5.17. The lowest BCUT2D eigenvalue weighted by atomic mass is 10.0. The standard InChI is InChI=1S/C12H18BrN3OS/c13-11-5-9(8-18-11)6-15-10-1-3-16(4-2-10)7-12(14)17/h5,8,10,15H,1-4,6-7H2,(H2,14,17). The molecule has 0 radical (unpaired) electrons. The lowest BCUT2D eigenvalue weighted by Crippen LogP contribution is -2.45. The summed E-state index contributed by atoms with van der Waals surface area (Å²) in [5.74, 6) is -0.232. The molecule has 0 aliphatic carbocycles. The Morgan fingerprint density at radius 3 is 2.83 bits per heavy atom. The zero-order valence-corrected chi connectivity index (χ0v) is 12.6.